The molecule has 1 heterocycles. The van der Waals surface area contributed by atoms with Crippen molar-refractivity contribution in [1.29, 1.82) is 0 Å². The van der Waals surface area contributed by atoms with Gasteiger partial charge in [-0.05, 0) is 43.5 Å². The van der Waals surface area contributed by atoms with Crippen LogP contribution in [0.4, 0.5) is 0 Å². The average Bonchev–Trinajstić information content (AvgIpc) is 2.52. The van der Waals surface area contributed by atoms with Gasteiger partial charge in [-0.15, -0.1) is 0 Å². The Bertz CT molecular complexity index is 469. The molecule has 0 aromatic heterocycles. The van der Waals surface area contributed by atoms with Gasteiger partial charge in [0.25, 0.3) is 0 Å². The first kappa shape index (κ1) is 14.7. The molecule has 0 bridgehead atoms. The van der Waals surface area contributed by atoms with Crippen molar-refractivity contribution in [3.8, 4) is 11.5 Å². The predicted octanol–water partition coefficient (Wildman–Crippen LogP) is 2.29. The highest BCUT2D eigenvalue weighted by atomic mass is 16.6. The Hall–Kier alpha value is -1.26. The Morgan fingerprint density at radius 1 is 1.05 bits per heavy atom. The maximum atomic E-state index is 10.4. The van der Waals surface area contributed by atoms with E-state index in [2.05, 4.69) is 17.4 Å². The van der Waals surface area contributed by atoms with Gasteiger partial charge in [-0.25, -0.2) is 0 Å². The smallest absolute Gasteiger partial charge is 0.161 e. The molecule has 4 heteroatoms. The maximum Gasteiger partial charge on any atom is 0.161 e. The molecule has 0 saturated heterocycles. The number of hydrogen-bond acceptors (Lipinski definition) is 4. The molecule has 0 unspecified atom stereocenters. The quantitative estimate of drug-likeness (QED) is 0.817. The Kier molecular flexibility index (Phi) is 4.66. The molecule has 1 fully saturated rings. The molecular weight excluding hydrogens is 266 g/mol. The van der Waals surface area contributed by atoms with E-state index in [0.29, 0.717) is 19.8 Å². The number of benzene rings is 1. The number of ether oxygens (including phenoxy) is 2. The van der Waals surface area contributed by atoms with Gasteiger partial charge in [0, 0.05) is 6.54 Å². The van der Waals surface area contributed by atoms with Gasteiger partial charge in [0.15, 0.2) is 11.5 Å². The lowest BCUT2D eigenvalue weighted by Crippen LogP contribution is -2.42. The Morgan fingerprint density at radius 2 is 1.81 bits per heavy atom. The van der Waals surface area contributed by atoms with Crippen LogP contribution in [0.25, 0.3) is 0 Å². The molecule has 0 spiro atoms. The molecule has 3 rings (SSSR count). The molecule has 1 saturated carbocycles. The van der Waals surface area contributed by atoms with Crippen LogP contribution in [0.1, 0.15) is 37.7 Å². The molecule has 116 valence electrons. The van der Waals surface area contributed by atoms with Crippen molar-refractivity contribution in [3.05, 3.63) is 23.8 Å². The van der Waals surface area contributed by atoms with E-state index in [1.54, 1.807) is 0 Å². The minimum absolute atomic E-state index is 0.481. The zero-order chi connectivity index (χ0) is 14.5. The standard InChI is InChI=1S/C17H25NO3/c19-17(7-2-1-3-8-17)13-18-9-6-14-4-5-15-16(12-14)21-11-10-20-15/h4-5,12,18-19H,1-3,6-11,13H2. The van der Waals surface area contributed by atoms with Crippen LogP contribution in [0.2, 0.25) is 0 Å². The molecule has 4 nitrogen and oxygen atoms in total. The summed E-state index contributed by atoms with van der Waals surface area (Å²) in [4.78, 5) is 0. The third-order valence-electron chi connectivity index (χ3n) is 4.44. The maximum absolute atomic E-state index is 10.4. The van der Waals surface area contributed by atoms with Gasteiger partial charge in [-0.2, -0.15) is 0 Å². The average molecular weight is 291 g/mol. The largest absolute Gasteiger partial charge is 0.486 e. The number of aliphatic hydroxyl groups is 1. The third-order valence-corrected chi connectivity index (χ3v) is 4.44. The van der Waals surface area contributed by atoms with Crippen LogP contribution in [0, 0.1) is 0 Å². The van der Waals surface area contributed by atoms with Crippen LogP contribution < -0.4 is 14.8 Å². The first-order valence-corrected chi connectivity index (χ1v) is 8.07. The van der Waals surface area contributed by atoms with Gasteiger partial charge in [-0.1, -0.05) is 25.3 Å². The lowest BCUT2D eigenvalue weighted by atomic mass is 9.85. The summed E-state index contributed by atoms with van der Waals surface area (Å²) in [7, 11) is 0. The van der Waals surface area contributed by atoms with Crippen LogP contribution in [-0.4, -0.2) is 37.0 Å². The molecule has 21 heavy (non-hydrogen) atoms. The zero-order valence-electron chi connectivity index (χ0n) is 12.6. The summed E-state index contributed by atoms with van der Waals surface area (Å²) in [6.07, 6.45) is 6.38. The van der Waals surface area contributed by atoms with Gasteiger partial charge >= 0.3 is 0 Å². The minimum atomic E-state index is -0.481. The minimum Gasteiger partial charge on any atom is -0.486 e. The second kappa shape index (κ2) is 6.67. The fraction of sp³-hybridized carbons (Fsp3) is 0.647. The molecule has 1 aromatic carbocycles. The highest BCUT2D eigenvalue weighted by molar-refractivity contribution is 5.43. The lowest BCUT2D eigenvalue weighted by Gasteiger charge is -2.32. The Balaban J connectivity index is 1.45. The van der Waals surface area contributed by atoms with Crippen LogP contribution in [0.3, 0.4) is 0 Å². The SMILES string of the molecule is OC1(CNCCc2ccc3c(c2)OCCO3)CCCCC1. The van der Waals surface area contributed by atoms with Crippen LogP contribution >= 0.6 is 0 Å². The van der Waals surface area contributed by atoms with Crippen molar-refractivity contribution in [2.24, 2.45) is 0 Å². The molecule has 0 amide bonds. The summed E-state index contributed by atoms with van der Waals surface area (Å²) >= 11 is 0. The van der Waals surface area contributed by atoms with E-state index in [1.807, 2.05) is 6.07 Å². The molecule has 2 aliphatic rings. The van der Waals surface area contributed by atoms with Crippen molar-refractivity contribution < 1.29 is 14.6 Å². The highest BCUT2D eigenvalue weighted by Gasteiger charge is 2.28. The third kappa shape index (κ3) is 3.89. The number of hydrogen-bond donors (Lipinski definition) is 2. The predicted molar refractivity (Wildman–Crippen MR) is 82.0 cm³/mol. The number of fused-ring (bicyclic) bond motifs is 1. The highest BCUT2D eigenvalue weighted by Crippen LogP contribution is 2.31. The molecular formula is C17H25NO3. The summed E-state index contributed by atoms with van der Waals surface area (Å²) in [5.41, 5.74) is 0.757. The Labute approximate surface area is 126 Å². The molecule has 1 aliphatic carbocycles. The van der Waals surface area contributed by atoms with E-state index in [1.165, 1.54) is 12.0 Å². The summed E-state index contributed by atoms with van der Waals surface area (Å²) in [5, 5.41) is 13.8. The van der Waals surface area contributed by atoms with Gasteiger partial charge in [0.1, 0.15) is 13.2 Å². The van der Waals surface area contributed by atoms with E-state index in [0.717, 1.165) is 50.1 Å². The van der Waals surface area contributed by atoms with E-state index in [-0.39, 0.29) is 0 Å². The van der Waals surface area contributed by atoms with E-state index < -0.39 is 5.60 Å². The van der Waals surface area contributed by atoms with Gasteiger partial charge in [0.2, 0.25) is 0 Å². The van der Waals surface area contributed by atoms with Crippen molar-refractivity contribution >= 4 is 0 Å². The topological polar surface area (TPSA) is 50.7 Å². The van der Waals surface area contributed by atoms with Crippen molar-refractivity contribution in [1.82, 2.24) is 5.32 Å². The molecule has 1 aliphatic heterocycles. The molecule has 2 N–H and O–H groups in total. The zero-order valence-corrected chi connectivity index (χ0v) is 12.6. The van der Waals surface area contributed by atoms with Gasteiger partial charge in [-0.3, -0.25) is 0 Å². The van der Waals surface area contributed by atoms with Crippen LogP contribution in [0.15, 0.2) is 18.2 Å². The number of rotatable bonds is 5. The summed E-state index contributed by atoms with van der Waals surface area (Å²) in [5.74, 6) is 1.69. The van der Waals surface area contributed by atoms with Crippen LogP contribution in [0.5, 0.6) is 11.5 Å². The number of nitrogens with one attached hydrogen (secondary N) is 1. The second-order valence-electron chi connectivity index (χ2n) is 6.19. The van der Waals surface area contributed by atoms with Crippen molar-refractivity contribution in [2.45, 2.75) is 44.1 Å². The molecule has 1 aromatic rings. The summed E-state index contributed by atoms with van der Waals surface area (Å²) in [6.45, 7) is 2.84. The fourth-order valence-corrected chi connectivity index (χ4v) is 3.18. The normalized spacial score (nSPS) is 20.2. The second-order valence-corrected chi connectivity index (χ2v) is 6.19. The van der Waals surface area contributed by atoms with Crippen LogP contribution in [-0.2, 0) is 6.42 Å². The first-order chi connectivity index (χ1) is 10.3. The molecule has 0 radical (unpaired) electrons. The Morgan fingerprint density at radius 3 is 2.62 bits per heavy atom. The molecule has 0 atom stereocenters. The van der Waals surface area contributed by atoms with Crippen molar-refractivity contribution in [3.63, 3.8) is 0 Å². The monoisotopic (exact) mass is 291 g/mol. The van der Waals surface area contributed by atoms with Crippen molar-refractivity contribution in [2.75, 3.05) is 26.3 Å². The van der Waals surface area contributed by atoms with Gasteiger partial charge in [0.05, 0.1) is 5.60 Å². The first-order valence-electron chi connectivity index (χ1n) is 8.07. The fourth-order valence-electron chi connectivity index (χ4n) is 3.18. The summed E-state index contributed by atoms with van der Waals surface area (Å²) < 4.78 is 11.1. The van der Waals surface area contributed by atoms with Gasteiger partial charge < -0.3 is 19.9 Å². The van der Waals surface area contributed by atoms with E-state index >= 15 is 0 Å². The van der Waals surface area contributed by atoms with E-state index in [9.17, 15) is 5.11 Å². The lowest BCUT2D eigenvalue weighted by molar-refractivity contribution is 0.00517. The summed E-state index contributed by atoms with van der Waals surface area (Å²) in [6, 6.07) is 6.13. The van der Waals surface area contributed by atoms with E-state index in [4.69, 9.17) is 9.47 Å².